The van der Waals surface area contributed by atoms with Crippen molar-refractivity contribution >= 4 is 34.5 Å². The van der Waals surface area contributed by atoms with Gasteiger partial charge in [-0.1, -0.05) is 12.1 Å². The molecular weight excluding hydrogens is 516 g/mol. The number of hydrogen-bond donors (Lipinski definition) is 3. The number of likely N-dealkylation sites (tertiary alicyclic amines) is 1. The maximum Gasteiger partial charge on any atom is 0.254 e. The molecule has 10 heteroatoms. The van der Waals surface area contributed by atoms with Crippen molar-refractivity contribution in [1.29, 1.82) is 0 Å². The molecule has 1 saturated heterocycles. The maximum absolute atomic E-state index is 13.2. The fourth-order valence-corrected chi connectivity index (χ4v) is 5.86. The summed E-state index contributed by atoms with van der Waals surface area (Å²) in [6, 6.07) is 9.76. The van der Waals surface area contributed by atoms with Gasteiger partial charge in [0.2, 0.25) is 5.91 Å². The SMILES string of the molecule is CCN(CC)C(=O)c1cccc2[nH]c(-c3n[nH]c4c3=CC(c3cncc(NC(=O)C5CCN(C)CC5)c3)CN=4)cc12. The zero-order chi connectivity index (χ0) is 28.5. The second-order valence-corrected chi connectivity index (χ2v) is 10.9. The predicted octanol–water partition coefficient (Wildman–Crippen LogP) is 2.91. The average molecular weight is 553 g/mol. The molecule has 4 aromatic rings. The van der Waals surface area contributed by atoms with Gasteiger partial charge in [-0.05, 0) is 76.7 Å². The van der Waals surface area contributed by atoms with E-state index in [4.69, 9.17) is 4.99 Å². The van der Waals surface area contributed by atoms with Gasteiger partial charge < -0.3 is 20.1 Å². The van der Waals surface area contributed by atoms with E-state index in [9.17, 15) is 9.59 Å². The van der Waals surface area contributed by atoms with Crippen LogP contribution in [0.2, 0.25) is 0 Å². The highest BCUT2D eigenvalue weighted by Gasteiger charge is 2.24. The third-order valence-electron chi connectivity index (χ3n) is 8.34. The second-order valence-electron chi connectivity index (χ2n) is 10.9. The van der Waals surface area contributed by atoms with E-state index in [-0.39, 0.29) is 23.7 Å². The number of hydrogen-bond acceptors (Lipinski definition) is 6. The summed E-state index contributed by atoms with van der Waals surface area (Å²) >= 11 is 0. The van der Waals surface area contributed by atoms with Gasteiger partial charge in [0.25, 0.3) is 5.91 Å². The van der Waals surface area contributed by atoms with Crippen LogP contribution in [0.1, 0.15) is 48.5 Å². The molecule has 3 N–H and O–H groups in total. The summed E-state index contributed by atoms with van der Waals surface area (Å²) in [5, 5.41) is 12.5. The zero-order valence-electron chi connectivity index (χ0n) is 23.8. The third-order valence-corrected chi connectivity index (χ3v) is 8.34. The number of pyridine rings is 1. The molecule has 2 aliphatic rings. The van der Waals surface area contributed by atoms with Gasteiger partial charge in [0.1, 0.15) is 5.69 Å². The van der Waals surface area contributed by atoms with Crippen LogP contribution >= 0.6 is 0 Å². The topological polar surface area (TPSA) is 122 Å². The molecule has 0 spiro atoms. The molecule has 1 unspecified atom stereocenters. The van der Waals surface area contributed by atoms with Crippen LogP contribution in [0, 0.1) is 5.92 Å². The molecule has 5 heterocycles. The largest absolute Gasteiger partial charge is 0.353 e. The number of rotatable bonds is 7. The number of nitrogens with one attached hydrogen (secondary N) is 3. The molecule has 0 saturated carbocycles. The Morgan fingerprint density at radius 2 is 1.93 bits per heavy atom. The molecule has 2 aliphatic heterocycles. The van der Waals surface area contributed by atoms with Gasteiger partial charge in [-0.15, -0.1) is 0 Å². The molecule has 1 atom stereocenters. The van der Waals surface area contributed by atoms with Crippen LogP contribution in [-0.2, 0) is 4.79 Å². The van der Waals surface area contributed by atoms with Crippen molar-refractivity contribution < 1.29 is 9.59 Å². The van der Waals surface area contributed by atoms with Crippen LogP contribution in [0.15, 0.2) is 47.7 Å². The summed E-state index contributed by atoms with van der Waals surface area (Å²) in [6.07, 6.45) is 7.44. The Bertz CT molecular complexity index is 1710. The molecule has 6 rings (SSSR count). The Kier molecular flexibility index (Phi) is 7.40. The molecule has 1 fully saturated rings. The van der Waals surface area contributed by atoms with Crippen LogP contribution in [-0.4, -0.2) is 81.6 Å². The Hall–Kier alpha value is -4.31. The second kappa shape index (κ2) is 11.3. The Balaban J connectivity index is 1.28. The van der Waals surface area contributed by atoms with Crippen molar-refractivity contribution in [1.82, 2.24) is 30.0 Å². The highest BCUT2D eigenvalue weighted by Crippen LogP contribution is 2.27. The predicted molar refractivity (Wildman–Crippen MR) is 159 cm³/mol. The lowest BCUT2D eigenvalue weighted by atomic mass is 9.95. The van der Waals surface area contributed by atoms with Crippen molar-refractivity contribution in [2.75, 3.05) is 45.1 Å². The lowest BCUT2D eigenvalue weighted by Crippen LogP contribution is -2.36. The van der Waals surface area contributed by atoms with Gasteiger partial charge in [-0.25, -0.2) is 0 Å². The van der Waals surface area contributed by atoms with Gasteiger partial charge >= 0.3 is 0 Å². The summed E-state index contributed by atoms with van der Waals surface area (Å²) < 4.78 is 0. The summed E-state index contributed by atoms with van der Waals surface area (Å²) in [4.78, 5) is 42.8. The van der Waals surface area contributed by atoms with E-state index < -0.39 is 0 Å². The summed E-state index contributed by atoms with van der Waals surface area (Å²) in [7, 11) is 2.09. The van der Waals surface area contributed by atoms with Crippen LogP contribution < -0.4 is 16.0 Å². The normalized spacial score (nSPS) is 17.5. The first-order chi connectivity index (χ1) is 19.9. The molecule has 3 aromatic heterocycles. The molecule has 10 nitrogen and oxygen atoms in total. The number of piperidine rings is 1. The highest BCUT2D eigenvalue weighted by atomic mass is 16.2. The van der Waals surface area contributed by atoms with Crippen LogP contribution in [0.3, 0.4) is 0 Å². The molecule has 0 bridgehead atoms. The van der Waals surface area contributed by atoms with Crippen LogP contribution in [0.4, 0.5) is 5.69 Å². The van der Waals surface area contributed by atoms with E-state index in [1.54, 1.807) is 6.20 Å². The minimum Gasteiger partial charge on any atom is -0.353 e. The smallest absolute Gasteiger partial charge is 0.254 e. The number of benzene rings is 1. The van der Waals surface area contributed by atoms with E-state index in [0.29, 0.717) is 30.9 Å². The summed E-state index contributed by atoms with van der Waals surface area (Å²) in [5.41, 5.74) is 5.56. The molecule has 212 valence electrons. The Morgan fingerprint density at radius 3 is 2.71 bits per heavy atom. The van der Waals surface area contributed by atoms with E-state index in [0.717, 1.165) is 64.5 Å². The van der Waals surface area contributed by atoms with Crippen molar-refractivity contribution in [3.05, 3.63) is 64.6 Å². The molecule has 2 amide bonds. The fraction of sp³-hybridized carbons (Fsp3) is 0.387. The number of nitrogens with zero attached hydrogens (tertiary/aromatic N) is 5. The van der Waals surface area contributed by atoms with Crippen molar-refractivity contribution in [3.8, 4) is 11.4 Å². The summed E-state index contributed by atoms with van der Waals surface area (Å²) in [5.74, 6) is 0.0931. The van der Waals surface area contributed by atoms with E-state index in [1.165, 1.54) is 0 Å². The van der Waals surface area contributed by atoms with Crippen molar-refractivity contribution in [2.24, 2.45) is 10.9 Å². The first kappa shape index (κ1) is 26.9. The average Bonchev–Trinajstić information content (AvgIpc) is 3.62. The van der Waals surface area contributed by atoms with E-state index in [2.05, 4.69) is 43.5 Å². The Labute approximate surface area is 238 Å². The molecule has 1 aromatic carbocycles. The van der Waals surface area contributed by atoms with Crippen molar-refractivity contribution in [3.63, 3.8) is 0 Å². The first-order valence-electron chi connectivity index (χ1n) is 14.4. The van der Waals surface area contributed by atoms with Gasteiger partial charge in [-0.3, -0.25) is 24.7 Å². The van der Waals surface area contributed by atoms with Gasteiger partial charge in [-0.2, -0.15) is 5.10 Å². The van der Waals surface area contributed by atoms with E-state index in [1.807, 2.05) is 55.3 Å². The number of fused-ring (bicyclic) bond motifs is 2. The van der Waals surface area contributed by atoms with Crippen LogP contribution in [0.5, 0.6) is 0 Å². The first-order valence-corrected chi connectivity index (χ1v) is 14.4. The monoisotopic (exact) mass is 552 g/mol. The molecule has 41 heavy (non-hydrogen) atoms. The quantitative estimate of drug-likeness (QED) is 0.326. The number of aromatic amines is 2. The molecule has 0 radical (unpaired) electrons. The number of anilines is 1. The standard InChI is InChI=1S/C31H36N8O2/c1-4-39(5-2)31(41)23-7-6-8-26-24(23)15-27(35-26)28-25-14-21(17-33-29(25)37-36-28)20-13-22(18-32-16-20)34-30(40)19-9-11-38(3)12-10-19/h6-8,13-16,18-19,21,35H,4-5,9-12,17H2,1-3H3,(H,33,37)(H,34,40). The molecular formula is C31H36N8O2. The summed E-state index contributed by atoms with van der Waals surface area (Å²) in [6.45, 7) is 7.73. The highest BCUT2D eigenvalue weighted by molar-refractivity contribution is 6.07. The third kappa shape index (κ3) is 5.27. The fourth-order valence-electron chi connectivity index (χ4n) is 5.86. The molecule has 0 aliphatic carbocycles. The van der Waals surface area contributed by atoms with Gasteiger partial charge in [0.15, 0.2) is 5.49 Å². The Morgan fingerprint density at radius 1 is 1.12 bits per heavy atom. The van der Waals surface area contributed by atoms with Crippen molar-refractivity contribution in [2.45, 2.75) is 32.6 Å². The minimum atomic E-state index is -0.0179. The lowest BCUT2D eigenvalue weighted by molar-refractivity contribution is -0.121. The lowest BCUT2D eigenvalue weighted by Gasteiger charge is -2.28. The number of carbonyl (C=O) groups is 2. The van der Waals surface area contributed by atoms with E-state index >= 15 is 0 Å². The zero-order valence-corrected chi connectivity index (χ0v) is 23.8. The van der Waals surface area contributed by atoms with Gasteiger partial charge in [0, 0.05) is 52.8 Å². The minimum absolute atomic E-state index is 0.0179. The van der Waals surface area contributed by atoms with Gasteiger partial charge in [0.05, 0.1) is 24.1 Å². The maximum atomic E-state index is 13.2. The number of H-pyrrole nitrogens is 2. The number of amides is 2. The van der Waals surface area contributed by atoms with Crippen LogP contribution in [0.25, 0.3) is 28.4 Å². The number of aromatic nitrogens is 4. The number of carbonyl (C=O) groups excluding carboxylic acids is 2.